The van der Waals surface area contributed by atoms with E-state index in [9.17, 15) is 9.59 Å². The minimum atomic E-state index is -0.144. The maximum atomic E-state index is 13.6. The summed E-state index contributed by atoms with van der Waals surface area (Å²) < 4.78 is 2.16. The predicted octanol–water partition coefficient (Wildman–Crippen LogP) is 5.16. The maximum Gasteiger partial charge on any atom is 0.267 e. The van der Waals surface area contributed by atoms with Gasteiger partial charge >= 0.3 is 0 Å². The third kappa shape index (κ3) is 5.17. The Balaban J connectivity index is 1.68. The second kappa shape index (κ2) is 10.8. The Morgan fingerprint density at radius 2 is 1.88 bits per heavy atom. The third-order valence-electron chi connectivity index (χ3n) is 6.35. The van der Waals surface area contributed by atoms with Gasteiger partial charge in [0.05, 0.1) is 10.5 Å². The molecule has 176 valence electrons. The summed E-state index contributed by atoms with van der Waals surface area (Å²) in [6.45, 7) is 6.53. The smallest absolute Gasteiger partial charge is 0.267 e. The molecule has 2 saturated heterocycles. The largest absolute Gasteiger partial charge is 0.356 e. The van der Waals surface area contributed by atoms with E-state index in [0.717, 1.165) is 44.3 Å². The fourth-order valence-corrected chi connectivity index (χ4v) is 5.76. The van der Waals surface area contributed by atoms with Crippen molar-refractivity contribution in [2.45, 2.75) is 65.2 Å². The molecule has 2 aromatic rings. The molecule has 2 aliphatic rings. The number of hydrogen-bond donors (Lipinski definition) is 0. The Labute approximate surface area is 205 Å². The van der Waals surface area contributed by atoms with Crippen LogP contribution in [0.15, 0.2) is 28.0 Å². The molecular weight excluding hydrogens is 452 g/mol. The molecule has 0 unspecified atom stereocenters. The van der Waals surface area contributed by atoms with Crippen LogP contribution in [-0.4, -0.2) is 44.1 Å². The van der Waals surface area contributed by atoms with Crippen molar-refractivity contribution in [1.82, 2.24) is 14.3 Å². The van der Waals surface area contributed by atoms with E-state index in [4.69, 9.17) is 17.2 Å². The molecule has 6 nitrogen and oxygen atoms in total. The average molecular weight is 485 g/mol. The van der Waals surface area contributed by atoms with Crippen LogP contribution in [0.1, 0.15) is 69.4 Å². The number of thiocarbonyl (C=S) groups is 1. The van der Waals surface area contributed by atoms with Gasteiger partial charge in [-0.1, -0.05) is 62.7 Å². The minimum absolute atomic E-state index is 0.0983. The number of fused-ring (bicyclic) bond motifs is 1. The Hall–Kier alpha value is -2.19. The van der Waals surface area contributed by atoms with E-state index in [1.54, 1.807) is 21.6 Å². The number of carbonyl (C=O) groups is 1. The zero-order valence-corrected chi connectivity index (χ0v) is 21.1. The molecule has 0 atom stereocenters. The van der Waals surface area contributed by atoms with Gasteiger partial charge in [-0.3, -0.25) is 18.9 Å². The van der Waals surface area contributed by atoms with Gasteiger partial charge in [0.1, 0.15) is 15.8 Å². The first-order valence-electron chi connectivity index (χ1n) is 12.0. The van der Waals surface area contributed by atoms with Gasteiger partial charge in [0.2, 0.25) is 0 Å². The molecule has 0 aliphatic carbocycles. The Kier molecular flexibility index (Phi) is 7.86. The van der Waals surface area contributed by atoms with E-state index in [1.165, 1.54) is 37.4 Å². The first-order valence-corrected chi connectivity index (χ1v) is 13.3. The summed E-state index contributed by atoms with van der Waals surface area (Å²) in [7, 11) is 0. The van der Waals surface area contributed by atoms with E-state index in [2.05, 4.69) is 11.8 Å². The fraction of sp³-hybridized carbons (Fsp3) is 0.520. The lowest BCUT2D eigenvalue weighted by molar-refractivity contribution is -0.122. The molecule has 0 spiro atoms. The second-order valence-corrected chi connectivity index (χ2v) is 10.5. The minimum Gasteiger partial charge on any atom is -0.356 e. The number of anilines is 1. The number of hydrogen-bond acceptors (Lipinski definition) is 6. The molecule has 0 N–H and O–H groups in total. The molecule has 2 aliphatic heterocycles. The number of aromatic nitrogens is 2. The first kappa shape index (κ1) is 24.0. The molecular formula is C25H32N4O2S2. The van der Waals surface area contributed by atoms with Crippen LogP contribution in [0.3, 0.4) is 0 Å². The topological polar surface area (TPSA) is 57.9 Å². The molecule has 33 heavy (non-hydrogen) atoms. The summed E-state index contributed by atoms with van der Waals surface area (Å²) >= 11 is 6.81. The second-order valence-electron chi connectivity index (χ2n) is 8.83. The number of pyridine rings is 1. The highest BCUT2D eigenvalue weighted by atomic mass is 32.2. The van der Waals surface area contributed by atoms with Crippen molar-refractivity contribution in [2.24, 2.45) is 0 Å². The summed E-state index contributed by atoms with van der Waals surface area (Å²) in [6, 6.07) is 3.82. The van der Waals surface area contributed by atoms with E-state index >= 15 is 0 Å². The lowest BCUT2D eigenvalue weighted by Crippen LogP contribution is -2.34. The highest BCUT2D eigenvalue weighted by Crippen LogP contribution is 2.34. The van der Waals surface area contributed by atoms with Crippen LogP contribution in [0, 0.1) is 6.92 Å². The number of piperidine rings is 1. The van der Waals surface area contributed by atoms with Crippen LogP contribution < -0.4 is 10.5 Å². The summed E-state index contributed by atoms with van der Waals surface area (Å²) in [6.07, 6.45) is 12.4. The molecule has 4 heterocycles. The zero-order valence-electron chi connectivity index (χ0n) is 19.5. The maximum absolute atomic E-state index is 13.6. The number of unbranched alkanes of at least 4 members (excludes halogenated alkanes) is 4. The van der Waals surface area contributed by atoms with E-state index in [0.29, 0.717) is 32.8 Å². The van der Waals surface area contributed by atoms with E-state index in [-0.39, 0.29) is 11.5 Å². The fourth-order valence-electron chi connectivity index (χ4n) is 4.47. The SMILES string of the molecule is CCCCCCCN1C(=O)C(=Cc2c(N3CCCCC3)nc3c(C)cccn3c2=O)SC1=S. The predicted molar refractivity (Wildman–Crippen MR) is 141 cm³/mol. The number of rotatable bonds is 8. The van der Waals surface area contributed by atoms with Gasteiger partial charge in [-0.15, -0.1) is 0 Å². The van der Waals surface area contributed by atoms with Crippen LogP contribution in [0.25, 0.3) is 11.7 Å². The molecule has 8 heteroatoms. The number of aryl methyl sites for hydroxylation is 1. The zero-order chi connectivity index (χ0) is 23.4. The Bertz CT molecular complexity index is 1140. The molecule has 0 bridgehead atoms. The summed E-state index contributed by atoms with van der Waals surface area (Å²) in [5.41, 5.74) is 1.95. The van der Waals surface area contributed by atoms with Crippen molar-refractivity contribution in [2.75, 3.05) is 24.5 Å². The quantitative estimate of drug-likeness (QED) is 0.293. The van der Waals surface area contributed by atoms with Crippen molar-refractivity contribution in [1.29, 1.82) is 0 Å². The normalized spacial score (nSPS) is 18.2. The van der Waals surface area contributed by atoms with Crippen molar-refractivity contribution in [3.63, 3.8) is 0 Å². The van der Waals surface area contributed by atoms with Crippen molar-refractivity contribution < 1.29 is 4.79 Å². The summed E-state index contributed by atoms with van der Waals surface area (Å²) in [5.74, 6) is 0.581. The van der Waals surface area contributed by atoms with Crippen molar-refractivity contribution in [3.05, 3.63) is 44.7 Å². The first-order chi connectivity index (χ1) is 16.0. The molecule has 0 aromatic carbocycles. The van der Waals surface area contributed by atoms with Gasteiger partial charge < -0.3 is 4.90 Å². The van der Waals surface area contributed by atoms with Gasteiger partial charge in [-0.05, 0) is 50.3 Å². The molecule has 1 amide bonds. The molecule has 2 aromatic heterocycles. The third-order valence-corrected chi connectivity index (χ3v) is 7.73. The summed E-state index contributed by atoms with van der Waals surface area (Å²) in [5, 5.41) is 0. The summed E-state index contributed by atoms with van der Waals surface area (Å²) in [4.78, 5) is 36.0. The van der Waals surface area contributed by atoms with Gasteiger partial charge in [-0.25, -0.2) is 4.98 Å². The number of amides is 1. The van der Waals surface area contributed by atoms with Gasteiger partial charge in [0.25, 0.3) is 11.5 Å². The highest BCUT2D eigenvalue weighted by Gasteiger charge is 2.32. The Morgan fingerprint density at radius 1 is 1.12 bits per heavy atom. The lowest BCUT2D eigenvalue weighted by Gasteiger charge is -2.29. The van der Waals surface area contributed by atoms with Crippen LogP contribution in [0.2, 0.25) is 0 Å². The highest BCUT2D eigenvalue weighted by molar-refractivity contribution is 8.26. The van der Waals surface area contributed by atoms with Crippen molar-refractivity contribution in [3.8, 4) is 0 Å². The van der Waals surface area contributed by atoms with Gasteiger partial charge in [-0.2, -0.15) is 0 Å². The van der Waals surface area contributed by atoms with Gasteiger partial charge in [0.15, 0.2) is 0 Å². The standard InChI is InChI=1S/C25H32N4O2S2/c1-3-4-5-6-10-15-29-24(31)20(33-25(29)32)17-19-22(27-13-8-7-9-14-27)26-21-18(2)12-11-16-28(21)23(19)30/h11-12,16-17H,3-10,13-15H2,1-2H3. The van der Waals surface area contributed by atoms with E-state index < -0.39 is 0 Å². The number of nitrogens with zero attached hydrogens (tertiary/aromatic N) is 4. The number of carbonyl (C=O) groups excluding carboxylic acids is 1. The number of thioether (sulfide) groups is 1. The van der Waals surface area contributed by atoms with Crippen LogP contribution in [0.4, 0.5) is 5.82 Å². The average Bonchev–Trinajstić information content (AvgIpc) is 3.09. The lowest BCUT2D eigenvalue weighted by atomic mass is 10.1. The molecule has 0 saturated carbocycles. The molecule has 4 rings (SSSR count). The van der Waals surface area contributed by atoms with Crippen LogP contribution in [0.5, 0.6) is 0 Å². The van der Waals surface area contributed by atoms with E-state index in [1.807, 2.05) is 19.1 Å². The molecule has 2 fully saturated rings. The monoisotopic (exact) mass is 484 g/mol. The Morgan fingerprint density at radius 3 is 2.64 bits per heavy atom. The van der Waals surface area contributed by atoms with Crippen molar-refractivity contribution >= 4 is 51.7 Å². The van der Waals surface area contributed by atoms with Gasteiger partial charge in [0, 0.05) is 25.8 Å². The van der Waals surface area contributed by atoms with Crippen LogP contribution in [-0.2, 0) is 4.79 Å². The molecule has 0 radical (unpaired) electrons. The van der Waals surface area contributed by atoms with Crippen LogP contribution >= 0.6 is 24.0 Å².